The summed E-state index contributed by atoms with van der Waals surface area (Å²) in [5.74, 6) is 3.44. The van der Waals surface area contributed by atoms with Crippen molar-refractivity contribution in [1.29, 1.82) is 0 Å². The largest absolute Gasteiger partial charge is 0.454 e. The van der Waals surface area contributed by atoms with Gasteiger partial charge in [-0.3, -0.25) is 4.79 Å². The molecule has 1 fully saturated rings. The summed E-state index contributed by atoms with van der Waals surface area (Å²) in [6.45, 7) is 3.20. The van der Waals surface area contributed by atoms with Gasteiger partial charge in [-0.05, 0) is 43.4 Å². The van der Waals surface area contributed by atoms with E-state index in [2.05, 4.69) is 24.8 Å². The van der Waals surface area contributed by atoms with Gasteiger partial charge in [-0.2, -0.15) is 0 Å². The van der Waals surface area contributed by atoms with E-state index in [1.807, 2.05) is 18.2 Å². The van der Waals surface area contributed by atoms with Crippen LogP contribution in [0.4, 0.5) is 5.82 Å². The Balaban J connectivity index is 1.16. The summed E-state index contributed by atoms with van der Waals surface area (Å²) in [5.41, 5.74) is 2.79. The molecule has 9 heteroatoms. The van der Waals surface area contributed by atoms with Crippen molar-refractivity contribution in [3.8, 4) is 11.5 Å². The highest BCUT2D eigenvalue weighted by Crippen LogP contribution is 2.33. The van der Waals surface area contributed by atoms with Gasteiger partial charge in [0.2, 0.25) is 12.7 Å². The molecule has 0 aliphatic carbocycles. The second-order valence-corrected chi connectivity index (χ2v) is 9.05. The molecule has 1 N–H and O–H groups in total. The molecule has 0 spiro atoms. The first kappa shape index (κ1) is 20.3. The number of nitrogens with zero attached hydrogens (tertiary/aromatic N) is 5. The molecule has 0 unspecified atom stereocenters. The quantitative estimate of drug-likeness (QED) is 0.656. The van der Waals surface area contributed by atoms with Crippen LogP contribution in [-0.2, 0) is 24.3 Å². The van der Waals surface area contributed by atoms with Crippen LogP contribution in [-0.4, -0.2) is 45.3 Å². The van der Waals surface area contributed by atoms with Crippen LogP contribution in [0, 0.1) is 5.92 Å². The SMILES string of the molecule is O=C(NCc1ccc2c(c1)OCO2)[C@H]1CCCN(c2ncnc3c2nc2n3CCCCC2)C1. The summed E-state index contributed by atoms with van der Waals surface area (Å²) in [6, 6.07) is 5.77. The Morgan fingerprint density at radius 3 is 3.00 bits per heavy atom. The number of aryl methyl sites for hydroxylation is 2. The normalized spacial score (nSPS) is 19.9. The van der Waals surface area contributed by atoms with Gasteiger partial charge in [0, 0.05) is 32.6 Å². The first-order valence-corrected chi connectivity index (χ1v) is 11.9. The molecule has 0 radical (unpaired) electrons. The zero-order chi connectivity index (χ0) is 22.2. The molecule has 9 nitrogen and oxygen atoms in total. The number of anilines is 1. The number of hydrogen-bond donors (Lipinski definition) is 1. The van der Waals surface area contributed by atoms with Crippen LogP contribution in [0.2, 0.25) is 0 Å². The molecule has 0 bridgehead atoms. The number of carbonyl (C=O) groups excluding carboxylic acids is 1. The van der Waals surface area contributed by atoms with Crippen molar-refractivity contribution in [3.05, 3.63) is 35.9 Å². The molecule has 0 saturated carbocycles. The molecule has 5 heterocycles. The van der Waals surface area contributed by atoms with Crippen LogP contribution in [0.3, 0.4) is 0 Å². The number of ether oxygens (including phenoxy) is 2. The van der Waals surface area contributed by atoms with Crippen LogP contribution >= 0.6 is 0 Å². The number of piperidine rings is 1. The average molecular weight is 449 g/mol. The number of rotatable bonds is 4. The van der Waals surface area contributed by atoms with E-state index in [4.69, 9.17) is 14.5 Å². The molecular formula is C24H28N6O3. The number of amides is 1. The van der Waals surface area contributed by atoms with Crippen molar-refractivity contribution < 1.29 is 14.3 Å². The molecule has 1 amide bonds. The molecule has 3 aliphatic rings. The minimum atomic E-state index is -0.0850. The maximum absolute atomic E-state index is 13.0. The third-order valence-corrected chi connectivity index (χ3v) is 6.87. The average Bonchev–Trinajstić information content (AvgIpc) is 3.39. The van der Waals surface area contributed by atoms with Crippen molar-refractivity contribution in [2.24, 2.45) is 5.92 Å². The Kier molecular flexibility index (Phi) is 5.24. The second-order valence-electron chi connectivity index (χ2n) is 9.05. The van der Waals surface area contributed by atoms with E-state index in [1.165, 1.54) is 12.8 Å². The van der Waals surface area contributed by atoms with Gasteiger partial charge >= 0.3 is 0 Å². The molecule has 6 rings (SSSR count). The summed E-state index contributed by atoms with van der Waals surface area (Å²) in [7, 11) is 0. The number of carbonyl (C=O) groups is 1. The number of aromatic nitrogens is 4. The first-order chi connectivity index (χ1) is 16.3. The van der Waals surface area contributed by atoms with Gasteiger partial charge in [-0.25, -0.2) is 15.0 Å². The van der Waals surface area contributed by atoms with E-state index in [-0.39, 0.29) is 18.6 Å². The van der Waals surface area contributed by atoms with Gasteiger partial charge < -0.3 is 24.3 Å². The molecular weight excluding hydrogens is 420 g/mol. The fourth-order valence-corrected chi connectivity index (χ4v) is 5.12. The lowest BCUT2D eigenvalue weighted by molar-refractivity contribution is -0.125. The number of fused-ring (bicyclic) bond motifs is 4. The second kappa shape index (κ2) is 8.53. The third kappa shape index (κ3) is 3.85. The highest BCUT2D eigenvalue weighted by atomic mass is 16.7. The lowest BCUT2D eigenvalue weighted by Gasteiger charge is -2.32. The van der Waals surface area contributed by atoms with Crippen LogP contribution in [0.5, 0.6) is 11.5 Å². The molecule has 172 valence electrons. The van der Waals surface area contributed by atoms with Crippen LogP contribution < -0.4 is 19.7 Å². The monoisotopic (exact) mass is 448 g/mol. The number of nitrogens with one attached hydrogen (secondary N) is 1. The Hall–Kier alpha value is -3.36. The summed E-state index contributed by atoms with van der Waals surface area (Å²) in [4.78, 5) is 29.3. The zero-order valence-corrected chi connectivity index (χ0v) is 18.6. The van der Waals surface area contributed by atoms with Crippen LogP contribution in [0.25, 0.3) is 11.2 Å². The molecule has 1 saturated heterocycles. The number of imidazole rings is 1. The Morgan fingerprint density at radius 2 is 2.03 bits per heavy atom. The molecule has 1 aromatic carbocycles. The highest BCUT2D eigenvalue weighted by molar-refractivity contribution is 5.85. The van der Waals surface area contributed by atoms with Crippen molar-refractivity contribution >= 4 is 22.9 Å². The molecule has 1 atom stereocenters. The Labute approximate surface area is 192 Å². The van der Waals surface area contributed by atoms with E-state index < -0.39 is 0 Å². The van der Waals surface area contributed by atoms with Crippen molar-refractivity contribution in [1.82, 2.24) is 24.8 Å². The Bertz CT molecular complexity index is 1190. The lowest BCUT2D eigenvalue weighted by Crippen LogP contribution is -2.43. The predicted octanol–water partition coefficient (Wildman–Crippen LogP) is 2.81. The maximum atomic E-state index is 13.0. The fraction of sp³-hybridized carbons (Fsp3) is 0.500. The van der Waals surface area contributed by atoms with Crippen LogP contribution in [0.1, 0.15) is 43.5 Å². The van der Waals surface area contributed by atoms with Crippen molar-refractivity contribution in [3.63, 3.8) is 0 Å². The van der Waals surface area contributed by atoms with Gasteiger partial charge in [-0.15, -0.1) is 0 Å². The van der Waals surface area contributed by atoms with Crippen molar-refractivity contribution in [2.45, 2.75) is 51.6 Å². The number of benzene rings is 1. The molecule has 33 heavy (non-hydrogen) atoms. The zero-order valence-electron chi connectivity index (χ0n) is 18.6. The summed E-state index contributed by atoms with van der Waals surface area (Å²) < 4.78 is 13.1. The van der Waals surface area contributed by atoms with Gasteiger partial charge in [0.15, 0.2) is 28.5 Å². The van der Waals surface area contributed by atoms with E-state index in [1.54, 1.807) is 6.33 Å². The van der Waals surface area contributed by atoms with E-state index in [0.29, 0.717) is 13.1 Å². The molecule has 3 aromatic rings. The van der Waals surface area contributed by atoms with Crippen molar-refractivity contribution in [2.75, 3.05) is 24.8 Å². The molecule has 3 aliphatic heterocycles. The standard InChI is InChI=1S/C24H28N6O3/c31-24(25-12-16-7-8-18-19(11-16)33-15-32-18)17-5-4-9-29(13-17)22-21-23(27-14-26-22)30-10-3-1-2-6-20(30)28-21/h7-8,11,14,17H,1-6,9-10,12-13,15H2,(H,25,31)/t17-/m0/s1. The number of hydrogen-bond acceptors (Lipinski definition) is 7. The summed E-state index contributed by atoms with van der Waals surface area (Å²) in [5, 5.41) is 3.10. The summed E-state index contributed by atoms with van der Waals surface area (Å²) >= 11 is 0. The topological polar surface area (TPSA) is 94.4 Å². The molecule has 2 aromatic heterocycles. The fourth-order valence-electron chi connectivity index (χ4n) is 5.12. The Morgan fingerprint density at radius 1 is 1.09 bits per heavy atom. The smallest absolute Gasteiger partial charge is 0.231 e. The van der Waals surface area contributed by atoms with Gasteiger partial charge in [0.25, 0.3) is 0 Å². The van der Waals surface area contributed by atoms with E-state index >= 15 is 0 Å². The maximum Gasteiger partial charge on any atom is 0.231 e. The third-order valence-electron chi connectivity index (χ3n) is 6.87. The van der Waals surface area contributed by atoms with E-state index in [9.17, 15) is 4.79 Å². The van der Waals surface area contributed by atoms with Crippen LogP contribution in [0.15, 0.2) is 24.5 Å². The van der Waals surface area contributed by atoms with E-state index in [0.717, 1.165) is 78.6 Å². The van der Waals surface area contributed by atoms with Gasteiger partial charge in [0.05, 0.1) is 5.92 Å². The minimum absolute atomic E-state index is 0.0725. The van der Waals surface area contributed by atoms with Gasteiger partial charge in [-0.1, -0.05) is 12.5 Å². The predicted molar refractivity (Wildman–Crippen MR) is 122 cm³/mol. The summed E-state index contributed by atoms with van der Waals surface area (Å²) in [6.07, 6.45) is 8.01. The van der Waals surface area contributed by atoms with Gasteiger partial charge in [0.1, 0.15) is 12.2 Å². The highest BCUT2D eigenvalue weighted by Gasteiger charge is 2.29. The minimum Gasteiger partial charge on any atom is -0.454 e. The first-order valence-electron chi connectivity index (χ1n) is 11.9. The lowest BCUT2D eigenvalue weighted by atomic mass is 9.97.